The highest BCUT2D eigenvalue weighted by Gasteiger charge is 2.42. The zero-order valence-corrected chi connectivity index (χ0v) is 23.0. The minimum absolute atomic E-state index is 0.116. The van der Waals surface area contributed by atoms with Crippen molar-refractivity contribution in [3.05, 3.63) is 34.9 Å². The molecule has 1 saturated carbocycles. The molecule has 2 aliphatic rings. The highest BCUT2D eigenvalue weighted by molar-refractivity contribution is 6.30. The Morgan fingerprint density at radius 3 is 2.62 bits per heavy atom. The lowest BCUT2D eigenvalue weighted by molar-refractivity contribution is -0.102. The van der Waals surface area contributed by atoms with Crippen LogP contribution in [0.5, 0.6) is 0 Å². The van der Waals surface area contributed by atoms with Gasteiger partial charge in [0, 0.05) is 42.7 Å². The van der Waals surface area contributed by atoms with Gasteiger partial charge in [-0.3, -0.25) is 5.73 Å². The Morgan fingerprint density at radius 1 is 1.19 bits per heavy atom. The molecule has 37 heavy (non-hydrogen) atoms. The molecule has 3 atom stereocenters. The number of halogens is 1. The number of urea groups is 1. The Kier molecular flexibility index (Phi) is 10.9. The van der Waals surface area contributed by atoms with Gasteiger partial charge in [0.1, 0.15) is 5.72 Å². The van der Waals surface area contributed by atoms with Crippen molar-refractivity contribution in [1.82, 2.24) is 15.5 Å². The quantitative estimate of drug-likeness (QED) is 0.264. The number of likely N-dealkylation sites (tertiary alicyclic amines) is 1. The molecule has 1 aliphatic heterocycles. The molecule has 9 nitrogen and oxygen atoms in total. The fraction of sp³-hybridized carbons (Fsp3) is 0.704. The molecule has 0 radical (unpaired) electrons. The lowest BCUT2D eigenvalue weighted by Gasteiger charge is -2.44. The highest BCUT2D eigenvalue weighted by Crippen LogP contribution is 2.36. The topological polar surface area (TPSA) is 132 Å². The van der Waals surface area contributed by atoms with Crippen molar-refractivity contribution in [3.8, 4) is 0 Å². The third kappa shape index (κ3) is 8.21. The van der Waals surface area contributed by atoms with Crippen molar-refractivity contribution < 1.29 is 19.1 Å². The molecule has 0 unspecified atom stereocenters. The molecule has 3 rings (SSSR count). The number of carbonyl (C=O) groups excluding carboxylic acids is 2. The van der Waals surface area contributed by atoms with Crippen LogP contribution >= 0.6 is 11.6 Å². The summed E-state index contributed by atoms with van der Waals surface area (Å²) < 4.78 is 10.8. The van der Waals surface area contributed by atoms with E-state index in [1.807, 2.05) is 17.0 Å². The fourth-order valence-electron chi connectivity index (χ4n) is 5.68. The van der Waals surface area contributed by atoms with Crippen molar-refractivity contribution in [2.75, 3.05) is 39.9 Å². The molecular formula is C27H44ClN5O4. The Morgan fingerprint density at radius 2 is 1.95 bits per heavy atom. The zero-order chi connectivity index (χ0) is 26.9. The highest BCUT2D eigenvalue weighted by atomic mass is 35.5. The Bertz CT molecular complexity index is 899. The van der Waals surface area contributed by atoms with E-state index in [4.69, 9.17) is 27.8 Å². The van der Waals surface area contributed by atoms with Gasteiger partial charge in [0.05, 0.1) is 19.3 Å². The number of nitrogens with zero attached hydrogens (tertiary/aromatic N) is 1. The van der Waals surface area contributed by atoms with E-state index in [0.29, 0.717) is 30.6 Å². The third-order valence-corrected chi connectivity index (χ3v) is 8.05. The van der Waals surface area contributed by atoms with Crippen LogP contribution in [0.1, 0.15) is 63.9 Å². The summed E-state index contributed by atoms with van der Waals surface area (Å²) in [5, 5.41) is 6.41. The lowest BCUT2D eigenvalue weighted by atomic mass is 9.80. The second-order valence-electron chi connectivity index (χ2n) is 10.8. The van der Waals surface area contributed by atoms with E-state index >= 15 is 0 Å². The number of carbonyl (C=O) groups is 2. The Hall–Kier alpha value is -2.07. The third-order valence-electron chi connectivity index (χ3n) is 7.81. The Labute approximate surface area is 225 Å². The number of piperidine rings is 1. The van der Waals surface area contributed by atoms with Crippen molar-refractivity contribution >= 4 is 23.7 Å². The monoisotopic (exact) mass is 537 g/mol. The smallest absolute Gasteiger partial charge is 0.406 e. The van der Waals surface area contributed by atoms with E-state index in [1.54, 1.807) is 12.1 Å². The molecule has 0 bridgehead atoms. The summed E-state index contributed by atoms with van der Waals surface area (Å²) in [7, 11) is 1.31. The van der Waals surface area contributed by atoms with Crippen LogP contribution in [0.4, 0.5) is 9.59 Å². The minimum atomic E-state index is -1.19. The number of hydrogen-bond acceptors (Lipinski definition) is 6. The van der Waals surface area contributed by atoms with Crippen molar-refractivity contribution in [3.63, 3.8) is 0 Å². The van der Waals surface area contributed by atoms with E-state index in [0.717, 1.165) is 24.8 Å². The zero-order valence-electron chi connectivity index (χ0n) is 22.3. The van der Waals surface area contributed by atoms with E-state index < -0.39 is 17.4 Å². The van der Waals surface area contributed by atoms with Gasteiger partial charge in [0.15, 0.2) is 0 Å². The summed E-state index contributed by atoms with van der Waals surface area (Å²) in [6.07, 6.45) is 8.15. The number of nitrogens with one attached hydrogen (secondary N) is 2. The first-order valence-corrected chi connectivity index (χ1v) is 13.8. The van der Waals surface area contributed by atoms with Crippen LogP contribution in [0.2, 0.25) is 5.02 Å². The molecule has 10 heteroatoms. The predicted octanol–water partition coefficient (Wildman–Crippen LogP) is 3.93. The normalized spacial score (nSPS) is 22.0. The van der Waals surface area contributed by atoms with Crippen molar-refractivity contribution in [1.29, 1.82) is 0 Å². The van der Waals surface area contributed by atoms with Crippen LogP contribution in [0.25, 0.3) is 0 Å². The van der Waals surface area contributed by atoms with Gasteiger partial charge in [0.2, 0.25) is 0 Å². The van der Waals surface area contributed by atoms with Gasteiger partial charge in [-0.1, -0.05) is 55.8 Å². The maximum Gasteiger partial charge on any atom is 0.406 e. The van der Waals surface area contributed by atoms with E-state index in [9.17, 15) is 9.59 Å². The lowest BCUT2D eigenvalue weighted by Crippen LogP contribution is -2.60. The number of alkyl carbamates (subject to hydrolysis) is 1. The van der Waals surface area contributed by atoms with E-state index in [2.05, 4.69) is 22.3 Å². The predicted molar refractivity (Wildman–Crippen MR) is 145 cm³/mol. The number of methoxy groups -OCH3 is 1. The van der Waals surface area contributed by atoms with Crippen molar-refractivity contribution in [2.24, 2.45) is 23.3 Å². The minimum Gasteiger partial charge on any atom is -0.453 e. The van der Waals surface area contributed by atoms with E-state index in [1.165, 1.54) is 39.2 Å². The summed E-state index contributed by atoms with van der Waals surface area (Å²) in [5.41, 5.74) is 12.2. The first-order chi connectivity index (χ1) is 17.7. The number of hydrogen-bond donors (Lipinski definition) is 4. The van der Waals surface area contributed by atoms with Gasteiger partial charge in [-0.15, -0.1) is 0 Å². The molecule has 1 aliphatic carbocycles. The molecule has 6 N–H and O–H groups in total. The van der Waals surface area contributed by atoms with E-state index in [-0.39, 0.29) is 25.1 Å². The molecule has 1 aromatic carbocycles. The average molecular weight is 538 g/mol. The molecule has 0 aromatic heterocycles. The molecule has 208 valence electrons. The summed E-state index contributed by atoms with van der Waals surface area (Å²) in [5.74, 6) is 0.425. The molecule has 2 fully saturated rings. The van der Waals surface area contributed by atoms with Gasteiger partial charge >= 0.3 is 12.1 Å². The summed E-state index contributed by atoms with van der Waals surface area (Å²) >= 11 is 6.29. The number of benzene rings is 1. The second-order valence-corrected chi connectivity index (χ2v) is 11.2. The SMILES string of the molecule is COC(=O)NCCO[C@@](N)(c1cccc(Cl)c1)[C@@H]1CCCN(C(=O)N[C@](C)(CN)CC2CCCCC2)C1. The molecule has 1 heterocycles. The molecular weight excluding hydrogens is 494 g/mol. The summed E-state index contributed by atoms with van der Waals surface area (Å²) in [6, 6.07) is 7.18. The largest absolute Gasteiger partial charge is 0.453 e. The van der Waals surface area contributed by atoms with Crippen LogP contribution in [-0.2, 0) is 15.2 Å². The Balaban J connectivity index is 1.70. The maximum atomic E-state index is 13.4. The van der Waals surface area contributed by atoms with Gasteiger partial charge < -0.3 is 30.7 Å². The molecule has 1 aromatic rings. The van der Waals surface area contributed by atoms with Gasteiger partial charge in [-0.25, -0.2) is 9.59 Å². The number of rotatable bonds is 10. The maximum absolute atomic E-state index is 13.4. The standard InChI is InChI=1S/C27H44ClN5O4/c1-26(19-29,17-20-8-4-3-5-9-20)32-24(34)33-14-7-11-22(18-33)27(30,21-10-6-12-23(28)16-21)37-15-13-31-25(35)36-2/h6,10,12,16,20,22H,3-5,7-9,11,13-15,17-19,29-30H2,1-2H3,(H,31,35)(H,32,34)/t22-,26+,27+/m1/s1. The van der Waals surface area contributed by atoms with Crippen LogP contribution < -0.4 is 22.1 Å². The van der Waals surface area contributed by atoms with Gasteiger partial charge in [0.25, 0.3) is 0 Å². The molecule has 0 spiro atoms. The van der Waals surface area contributed by atoms with Crippen molar-refractivity contribution in [2.45, 2.75) is 69.6 Å². The van der Waals surface area contributed by atoms with Gasteiger partial charge in [-0.05, 0) is 44.2 Å². The molecule has 1 saturated heterocycles. The van der Waals surface area contributed by atoms with Crippen LogP contribution in [0, 0.1) is 11.8 Å². The number of amides is 3. The average Bonchev–Trinajstić information content (AvgIpc) is 2.91. The van der Waals surface area contributed by atoms with Gasteiger partial charge in [-0.2, -0.15) is 0 Å². The fourth-order valence-corrected chi connectivity index (χ4v) is 5.87. The first kappa shape index (κ1) is 29.5. The van der Waals surface area contributed by atoms with Crippen LogP contribution in [0.3, 0.4) is 0 Å². The summed E-state index contributed by atoms with van der Waals surface area (Å²) in [6.45, 7) is 3.93. The number of nitrogens with two attached hydrogens (primary N) is 2. The summed E-state index contributed by atoms with van der Waals surface area (Å²) in [4.78, 5) is 26.7. The second kappa shape index (κ2) is 13.6. The van der Waals surface area contributed by atoms with Crippen LogP contribution in [0.15, 0.2) is 24.3 Å². The molecule has 3 amide bonds. The van der Waals surface area contributed by atoms with Crippen LogP contribution in [-0.4, -0.2) is 62.5 Å². The number of ether oxygens (including phenoxy) is 2. The first-order valence-electron chi connectivity index (χ1n) is 13.5.